The van der Waals surface area contributed by atoms with Crippen LogP contribution in [0, 0.1) is 11.6 Å². The second-order valence-electron chi connectivity index (χ2n) is 4.43. The van der Waals surface area contributed by atoms with Crippen molar-refractivity contribution in [3.05, 3.63) is 35.4 Å². The SMILES string of the molecule is CC(C)N(CCC(N)=S)C(=O)c1cc(F)ccc1F. The zero-order chi connectivity index (χ0) is 14.6. The van der Waals surface area contributed by atoms with Gasteiger partial charge in [-0.2, -0.15) is 0 Å². The summed E-state index contributed by atoms with van der Waals surface area (Å²) in [6.07, 6.45) is 0.343. The predicted octanol–water partition coefficient (Wildman–Crippen LogP) is 2.49. The molecule has 0 aliphatic carbocycles. The summed E-state index contributed by atoms with van der Waals surface area (Å²) in [4.78, 5) is 13.9. The standard InChI is InChI=1S/C13H16F2N2OS/c1-8(2)17(6-5-12(16)19)13(18)10-7-9(14)3-4-11(10)15/h3-4,7-8H,5-6H2,1-2H3,(H2,16,19). The molecular weight excluding hydrogens is 270 g/mol. The van der Waals surface area contributed by atoms with Crippen molar-refractivity contribution in [2.24, 2.45) is 5.73 Å². The molecule has 0 unspecified atom stereocenters. The third kappa shape index (κ3) is 4.24. The van der Waals surface area contributed by atoms with Crippen molar-refractivity contribution in [2.45, 2.75) is 26.3 Å². The molecule has 0 saturated heterocycles. The van der Waals surface area contributed by atoms with Crippen LogP contribution in [0.5, 0.6) is 0 Å². The fraction of sp³-hybridized carbons (Fsp3) is 0.385. The van der Waals surface area contributed by atoms with Crippen LogP contribution in [0.2, 0.25) is 0 Å². The Hall–Kier alpha value is -1.56. The fourth-order valence-electron chi connectivity index (χ4n) is 1.64. The summed E-state index contributed by atoms with van der Waals surface area (Å²) in [6.45, 7) is 3.85. The molecule has 1 aromatic rings. The lowest BCUT2D eigenvalue weighted by molar-refractivity contribution is 0.0706. The lowest BCUT2D eigenvalue weighted by Crippen LogP contribution is -2.39. The van der Waals surface area contributed by atoms with Crippen molar-refractivity contribution in [1.82, 2.24) is 4.90 Å². The average Bonchev–Trinajstić information content (AvgIpc) is 2.31. The molecule has 0 spiro atoms. The monoisotopic (exact) mass is 286 g/mol. The van der Waals surface area contributed by atoms with Gasteiger partial charge >= 0.3 is 0 Å². The number of rotatable bonds is 5. The zero-order valence-electron chi connectivity index (χ0n) is 10.8. The van der Waals surface area contributed by atoms with Crippen LogP contribution in [0.4, 0.5) is 8.78 Å². The van der Waals surface area contributed by atoms with Crippen LogP contribution in [-0.2, 0) is 0 Å². The Bertz CT molecular complexity index is 492. The minimum absolute atomic E-state index is 0.162. The summed E-state index contributed by atoms with van der Waals surface area (Å²) >= 11 is 4.76. The number of halogens is 2. The molecule has 104 valence electrons. The molecule has 0 heterocycles. The molecule has 3 nitrogen and oxygen atoms in total. The van der Waals surface area contributed by atoms with Crippen LogP contribution >= 0.6 is 12.2 Å². The van der Waals surface area contributed by atoms with Crippen LogP contribution in [0.25, 0.3) is 0 Å². The zero-order valence-corrected chi connectivity index (χ0v) is 11.6. The van der Waals surface area contributed by atoms with Gasteiger partial charge in [0.2, 0.25) is 0 Å². The molecule has 0 aromatic heterocycles. The Balaban J connectivity index is 2.99. The predicted molar refractivity (Wildman–Crippen MR) is 73.9 cm³/mol. The van der Waals surface area contributed by atoms with Gasteiger partial charge in [-0.15, -0.1) is 0 Å². The van der Waals surface area contributed by atoms with Gasteiger partial charge in [0, 0.05) is 19.0 Å². The Morgan fingerprint density at radius 1 is 1.42 bits per heavy atom. The molecule has 2 N–H and O–H groups in total. The number of carbonyl (C=O) groups is 1. The minimum Gasteiger partial charge on any atom is -0.393 e. The summed E-state index contributed by atoms with van der Waals surface area (Å²) in [7, 11) is 0. The number of hydrogen-bond acceptors (Lipinski definition) is 2. The van der Waals surface area contributed by atoms with E-state index in [2.05, 4.69) is 0 Å². The number of carbonyl (C=O) groups excluding carboxylic acids is 1. The molecule has 6 heteroatoms. The molecular formula is C13H16F2N2OS. The third-order valence-electron chi connectivity index (χ3n) is 2.64. The molecule has 0 aliphatic rings. The molecule has 0 bridgehead atoms. The van der Waals surface area contributed by atoms with E-state index in [4.69, 9.17) is 18.0 Å². The second kappa shape index (κ2) is 6.56. The lowest BCUT2D eigenvalue weighted by atomic mass is 10.1. The average molecular weight is 286 g/mol. The normalized spacial score (nSPS) is 10.6. The van der Waals surface area contributed by atoms with Gasteiger partial charge < -0.3 is 10.6 Å². The van der Waals surface area contributed by atoms with Gasteiger partial charge in [-0.25, -0.2) is 8.78 Å². The summed E-state index contributed by atoms with van der Waals surface area (Å²) in [5, 5.41) is 0. The van der Waals surface area contributed by atoms with E-state index >= 15 is 0 Å². The van der Waals surface area contributed by atoms with Gasteiger partial charge in [-0.05, 0) is 32.0 Å². The van der Waals surface area contributed by atoms with Gasteiger partial charge in [0.15, 0.2) is 0 Å². The third-order valence-corrected chi connectivity index (χ3v) is 2.85. The van der Waals surface area contributed by atoms with E-state index < -0.39 is 17.5 Å². The highest BCUT2D eigenvalue weighted by molar-refractivity contribution is 7.80. The van der Waals surface area contributed by atoms with Crippen molar-refractivity contribution >= 4 is 23.1 Å². The van der Waals surface area contributed by atoms with E-state index in [0.717, 1.165) is 18.2 Å². The first-order chi connectivity index (χ1) is 8.82. The van der Waals surface area contributed by atoms with Gasteiger partial charge in [0.25, 0.3) is 5.91 Å². The molecule has 19 heavy (non-hydrogen) atoms. The van der Waals surface area contributed by atoms with Gasteiger partial charge in [-0.1, -0.05) is 12.2 Å². The van der Waals surface area contributed by atoms with Gasteiger partial charge in [-0.3, -0.25) is 4.79 Å². The van der Waals surface area contributed by atoms with Crippen molar-refractivity contribution < 1.29 is 13.6 Å². The van der Waals surface area contributed by atoms with Crippen LogP contribution in [0.1, 0.15) is 30.6 Å². The molecule has 1 amide bonds. The first kappa shape index (κ1) is 15.5. The highest BCUT2D eigenvalue weighted by atomic mass is 32.1. The van der Waals surface area contributed by atoms with Crippen molar-refractivity contribution in [3.8, 4) is 0 Å². The molecule has 1 aromatic carbocycles. The van der Waals surface area contributed by atoms with Crippen LogP contribution in [-0.4, -0.2) is 28.4 Å². The summed E-state index contributed by atoms with van der Waals surface area (Å²) in [5.41, 5.74) is 5.11. The number of nitrogens with zero attached hydrogens (tertiary/aromatic N) is 1. The fourth-order valence-corrected chi connectivity index (χ4v) is 1.73. The smallest absolute Gasteiger partial charge is 0.257 e. The van der Waals surface area contributed by atoms with Crippen molar-refractivity contribution in [1.29, 1.82) is 0 Å². The number of nitrogens with two attached hydrogens (primary N) is 1. The quantitative estimate of drug-likeness (QED) is 0.846. The molecule has 0 fully saturated rings. The van der Waals surface area contributed by atoms with E-state index in [1.54, 1.807) is 13.8 Å². The van der Waals surface area contributed by atoms with E-state index in [1.807, 2.05) is 0 Å². The number of benzene rings is 1. The van der Waals surface area contributed by atoms with E-state index in [0.29, 0.717) is 6.42 Å². The second-order valence-corrected chi connectivity index (χ2v) is 4.96. The van der Waals surface area contributed by atoms with Crippen LogP contribution < -0.4 is 5.73 Å². The molecule has 0 saturated carbocycles. The van der Waals surface area contributed by atoms with E-state index in [9.17, 15) is 13.6 Å². The minimum atomic E-state index is -0.743. The largest absolute Gasteiger partial charge is 0.393 e. The van der Waals surface area contributed by atoms with Crippen LogP contribution in [0.3, 0.4) is 0 Å². The number of amides is 1. The van der Waals surface area contributed by atoms with Gasteiger partial charge in [0.05, 0.1) is 10.6 Å². The summed E-state index contributed by atoms with van der Waals surface area (Å²) in [6, 6.07) is 2.65. The Kier molecular flexibility index (Phi) is 5.35. The van der Waals surface area contributed by atoms with E-state index in [-0.39, 0.29) is 23.1 Å². The van der Waals surface area contributed by atoms with Crippen molar-refractivity contribution in [2.75, 3.05) is 6.54 Å². The molecule has 0 atom stereocenters. The summed E-state index contributed by atoms with van der Waals surface area (Å²) in [5.74, 6) is -1.96. The highest BCUT2D eigenvalue weighted by Gasteiger charge is 2.22. The van der Waals surface area contributed by atoms with Crippen molar-refractivity contribution in [3.63, 3.8) is 0 Å². The first-order valence-corrected chi connectivity index (χ1v) is 6.28. The maximum atomic E-state index is 13.6. The summed E-state index contributed by atoms with van der Waals surface area (Å²) < 4.78 is 26.7. The maximum absolute atomic E-state index is 13.6. The number of thiocarbonyl (C=S) groups is 1. The van der Waals surface area contributed by atoms with Gasteiger partial charge in [0.1, 0.15) is 11.6 Å². The molecule has 1 rings (SSSR count). The maximum Gasteiger partial charge on any atom is 0.257 e. The highest BCUT2D eigenvalue weighted by Crippen LogP contribution is 2.14. The number of hydrogen-bond donors (Lipinski definition) is 1. The topological polar surface area (TPSA) is 46.3 Å². The first-order valence-electron chi connectivity index (χ1n) is 5.87. The Morgan fingerprint density at radius 3 is 2.58 bits per heavy atom. The Morgan fingerprint density at radius 2 is 2.05 bits per heavy atom. The van der Waals surface area contributed by atoms with E-state index in [1.165, 1.54) is 4.90 Å². The molecule has 0 radical (unpaired) electrons. The lowest BCUT2D eigenvalue weighted by Gasteiger charge is -2.26. The Labute approximate surface area is 116 Å². The van der Waals surface area contributed by atoms with Crippen LogP contribution in [0.15, 0.2) is 18.2 Å². The molecule has 0 aliphatic heterocycles.